The molecule has 6 aliphatic carbocycles. The number of nitrogens with zero attached hydrogens (tertiary/aromatic N) is 1. The van der Waals surface area contributed by atoms with E-state index in [0.29, 0.717) is 44.4 Å². The first-order valence-electron chi connectivity index (χ1n) is 15.6. The molecule has 8 atom stereocenters. The van der Waals surface area contributed by atoms with Gasteiger partial charge in [0, 0.05) is 54.2 Å². The van der Waals surface area contributed by atoms with E-state index in [1.807, 2.05) is 30.3 Å². The highest BCUT2D eigenvalue weighted by atomic mass is 32.2. The summed E-state index contributed by atoms with van der Waals surface area (Å²) in [5, 5.41) is 23.4. The third-order valence-corrected chi connectivity index (χ3v) is 13.9. The van der Waals surface area contributed by atoms with Crippen molar-refractivity contribution >= 4 is 15.8 Å². The summed E-state index contributed by atoms with van der Waals surface area (Å²) < 4.78 is 32.4. The van der Waals surface area contributed by atoms with Crippen molar-refractivity contribution in [2.75, 3.05) is 33.1 Å². The summed E-state index contributed by atoms with van der Waals surface area (Å²) in [5.41, 5.74) is -1.39. The van der Waals surface area contributed by atoms with Gasteiger partial charge in [-0.25, -0.2) is 8.42 Å². The summed E-state index contributed by atoms with van der Waals surface area (Å²) in [4.78, 5) is 14.5. The number of benzene rings is 1. The summed E-state index contributed by atoms with van der Waals surface area (Å²) in [5.74, 6) is 0.207. The number of sulfonamides is 1. The number of carbonyl (C=O) groups excluding carboxylic acids is 1. The van der Waals surface area contributed by atoms with Crippen molar-refractivity contribution in [1.82, 2.24) is 4.31 Å². The van der Waals surface area contributed by atoms with Crippen LogP contribution >= 0.6 is 0 Å². The molecule has 8 heteroatoms. The van der Waals surface area contributed by atoms with Gasteiger partial charge in [-0.05, 0) is 68.6 Å². The average Bonchev–Trinajstić information content (AvgIpc) is 3.22. The van der Waals surface area contributed by atoms with Gasteiger partial charge in [-0.15, -0.1) is 0 Å². The van der Waals surface area contributed by atoms with Gasteiger partial charge in [0.2, 0.25) is 10.0 Å². The van der Waals surface area contributed by atoms with Crippen molar-refractivity contribution in [2.45, 2.75) is 76.9 Å². The number of ketones is 1. The monoisotopic (exact) mass is 597 g/mol. The Labute approximate surface area is 251 Å². The number of allylic oxidation sites excluding steroid dienone is 4. The number of hydrogen-bond donors (Lipinski definition) is 2. The highest BCUT2D eigenvalue weighted by Crippen LogP contribution is 2.78. The summed E-state index contributed by atoms with van der Waals surface area (Å²) >= 11 is 0. The van der Waals surface area contributed by atoms with E-state index in [1.54, 1.807) is 7.11 Å². The number of hydrogen-bond acceptors (Lipinski definition) is 6. The van der Waals surface area contributed by atoms with Gasteiger partial charge in [-0.1, -0.05) is 62.4 Å². The van der Waals surface area contributed by atoms with Crippen LogP contribution in [-0.4, -0.2) is 73.5 Å². The van der Waals surface area contributed by atoms with E-state index in [1.165, 1.54) is 10.6 Å². The van der Waals surface area contributed by atoms with Crippen molar-refractivity contribution < 1.29 is 28.2 Å². The number of ether oxygens (including phenoxy) is 1. The van der Waals surface area contributed by atoms with Crippen LogP contribution in [0.3, 0.4) is 0 Å². The third-order valence-electron chi connectivity index (χ3n) is 12.7. The lowest BCUT2D eigenvalue weighted by Gasteiger charge is -2.71. The molecule has 7 rings (SSSR count). The van der Waals surface area contributed by atoms with E-state index in [0.717, 1.165) is 31.3 Å². The molecular formula is C34H47NO6S. The quantitative estimate of drug-likeness (QED) is 0.242. The lowest BCUT2D eigenvalue weighted by atomic mass is 9.32. The summed E-state index contributed by atoms with van der Waals surface area (Å²) in [7, 11) is -1.95. The molecule has 6 aliphatic rings. The van der Waals surface area contributed by atoms with Gasteiger partial charge in [-0.2, -0.15) is 4.31 Å². The fourth-order valence-electron chi connectivity index (χ4n) is 10.4. The molecule has 8 unspecified atom stereocenters. The summed E-state index contributed by atoms with van der Waals surface area (Å²) in [6, 6.07) is 9.47. The van der Waals surface area contributed by atoms with Gasteiger partial charge in [0.25, 0.3) is 0 Å². The minimum Gasteiger partial charge on any atom is -0.393 e. The van der Waals surface area contributed by atoms with Crippen molar-refractivity contribution in [3.05, 3.63) is 59.7 Å². The van der Waals surface area contributed by atoms with Gasteiger partial charge in [0.15, 0.2) is 5.78 Å². The second-order valence-electron chi connectivity index (χ2n) is 14.4. The Morgan fingerprint density at radius 2 is 1.69 bits per heavy atom. The van der Waals surface area contributed by atoms with Gasteiger partial charge in [-0.3, -0.25) is 4.79 Å². The number of rotatable bonds is 9. The largest absolute Gasteiger partial charge is 0.393 e. The normalized spacial score (nSPS) is 42.2. The van der Waals surface area contributed by atoms with Gasteiger partial charge in [0.05, 0.1) is 18.0 Å². The molecule has 2 spiro atoms. The second-order valence-corrected chi connectivity index (χ2v) is 16.4. The Bertz CT molecular complexity index is 1410. The minimum absolute atomic E-state index is 0.0220. The molecule has 1 aromatic carbocycles. The molecule has 3 saturated carbocycles. The first-order valence-corrected chi connectivity index (χ1v) is 17.5. The van der Waals surface area contributed by atoms with Crippen LogP contribution in [0.4, 0.5) is 0 Å². The molecule has 0 saturated heterocycles. The topological polar surface area (TPSA) is 104 Å². The maximum atomic E-state index is 14.5. The molecule has 2 N–H and O–H groups in total. The van der Waals surface area contributed by atoms with E-state index in [2.05, 4.69) is 32.1 Å². The number of aliphatic hydroxyl groups excluding tert-OH is 1. The lowest BCUT2D eigenvalue weighted by Crippen LogP contribution is -2.67. The van der Waals surface area contributed by atoms with Crippen molar-refractivity contribution in [3.8, 4) is 0 Å². The Balaban J connectivity index is 1.46. The minimum atomic E-state index is -3.55. The molecule has 0 heterocycles. The van der Waals surface area contributed by atoms with Crippen LogP contribution in [-0.2, 0) is 14.8 Å². The highest BCUT2D eigenvalue weighted by molar-refractivity contribution is 7.88. The summed E-state index contributed by atoms with van der Waals surface area (Å²) in [6.07, 6.45) is 13.3. The highest BCUT2D eigenvalue weighted by Gasteiger charge is 2.74. The van der Waals surface area contributed by atoms with Gasteiger partial charge in [0.1, 0.15) is 0 Å². The van der Waals surface area contributed by atoms with E-state index in [9.17, 15) is 23.4 Å². The van der Waals surface area contributed by atoms with Crippen LogP contribution in [0.25, 0.3) is 0 Å². The van der Waals surface area contributed by atoms with Crippen LogP contribution in [0.5, 0.6) is 0 Å². The third kappa shape index (κ3) is 4.12. The van der Waals surface area contributed by atoms with Crippen molar-refractivity contribution in [1.29, 1.82) is 0 Å². The molecule has 0 aliphatic heterocycles. The molecule has 42 heavy (non-hydrogen) atoms. The Hall–Kier alpha value is -1.84. The molecule has 2 bridgehead atoms. The molecule has 230 valence electrons. The van der Waals surface area contributed by atoms with E-state index >= 15 is 0 Å². The van der Waals surface area contributed by atoms with E-state index in [-0.39, 0.29) is 35.0 Å². The predicted octanol–water partition coefficient (Wildman–Crippen LogP) is 4.76. The zero-order valence-corrected chi connectivity index (χ0v) is 26.3. The zero-order chi connectivity index (χ0) is 30.2. The number of carbonyl (C=O) groups is 1. The first kappa shape index (κ1) is 30.2. The molecule has 1 aromatic rings. The first-order chi connectivity index (χ1) is 19.8. The molecule has 0 radical (unpaired) electrons. The SMILES string of the molecule is COCCCN(CC1(O)CCC2C34C=CC5(C=C3C(=O)c3ccccc3)CC(O)CCC5(C)C4CCC21C)S(C)(=O)=O. The molecule has 7 nitrogen and oxygen atoms in total. The summed E-state index contributed by atoms with van der Waals surface area (Å²) in [6.45, 7) is 5.31. The zero-order valence-electron chi connectivity index (χ0n) is 25.5. The Kier molecular flexibility index (Phi) is 7.26. The van der Waals surface area contributed by atoms with E-state index < -0.39 is 32.6 Å². The number of methoxy groups -OCH3 is 1. The molecule has 0 amide bonds. The average molecular weight is 598 g/mol. The predicted molar refractivity (Wildman–Crippen MR) is 162 cm³/mol. The molecule has 0 aromatic heterocycles. The fraction of sp³-hybridized carbons (Fsp3) is 0.676. The van der Waals surface area contributed by atoms with Crippen LogP contribution in [0.2, 0.25) is 0 Å². The Morgan fingerprint density at radius 3 is 2.38 bits per heavy atom. The number of aliphatic hydroxyl groups is 2. The van der Waals surface area contributed by atoms with Gasteiger partial charge < -0.3 is 14.9 Å². The second kappa shape index (κ2) is 10.1. The number of fused-ring (bicyclic) bond motifs is 1. The van der Waals surface area contributed by atoms with E-state index in [4.69, 9.17) is 4.74 Å². The standard InChI is InChI=1S/C34H47NO6S/c1-30-14-11-25(36)21-32(30)17-18-34(26(22-32)29(37)24-9-6-5-7-10-24)27(30)12-15-31(2)28(34)13-16-33(31,38)23-35(42(4,39)40)19-8-20-41-3/h5-7,9-10,17-18,22,25,27-28,36,38H,8,11-16,19-21,23H2,1-4H3. The fourth-order valence-corrected chi connectivity index (χ4v) is 11.3. The van der Waals surface area contributed by atoms with Crippen LogP contribution in [0.15, 0.2) is 54.1 Å². The molecular weight excluding hydrogens is 550 g/mol. The van der Waals surface area contributed by atoms with Gasteiger partial charge >= 0.3 is 0 Å². The lowest BCUT2D eigenvalue weighted by molar-refractivity contribution is -0.173. The number of Topliss-reactive ketones (excluding diaryl/α,β-unsaturated/α-hetero) is 1. The maximum Gasteiger partial charge on any atom is 0.211 e. The maximum absolute atomic E-state index is 14.5. The molecule has 3 fully saturated rings. The van der Waals surface area contributed by atoms with Crippen molar-refractivity contribution in [3.63, 3.8) is 0 Å². The van der Waals surface area contributed by atoms with Crippen LogP contribution < -0.4 is 0 Å². The smallest absolute Gasteiger partial charge is 0.211 e. The van der Waals surface area contributed by atoms with Crippen LogP contribution in [0, 0.1) is 33.5 Å². The Morgan fingerprint density at radius 1 is 1.02 bits per heavy atom. The van der Waals surface area contributed by atoms with Crippen LogP contribution in [0.1, 0.15) is 75.6 Å². The van der Waals surface area contributed by atoms with Crippen molar-refractivity contribution in [2.24, 2.45) is 33.5 Å².